The number of amides is 5. The van der Waals surface area contributed by atoms with E-state index in [0.29, 0.717) is 37.9 Å². The van der Waals surface area contributed by atoms with Crippen LogP contribution < -0.4 is 16.0 Å². The van der Waals surface area contributed by atoms with Crippen LogP contribution in [0.5, 0.6) is 0 Å². The number of nitrogens with zero attached hydrogens (tertiary/aromatic N) is 1. The number of esters is 1. The van der Waals surface area contributed by atoms with Gasteiger partial charge in [-0.05, 0) is 42.9 Å². The van der Waals surface area contributed by atoms with Gasteiger partial charge in [-0.25, -0.2) is 0 Å². The van der Waals surface area contributed by atoms with Gasteiger partial charge >= 0.3 is 5.97 Å². The molecule has 3 atom stereocenters. The van der Waals surface area contributed by atoms with Crippen molar-refractivity contribution in [3.05, 3.63) is 29.8 Å². The smallest absolute Gasteiger partial charge is 0.302 e. The van der Waals surface area contributed by atoms with Crippen LogP contribution in [-0.2, 0) is 40.1 Å². The maximum absolute atomic E-state index is 13.0. The number of unbranched alkanes of at least 4 members (excludes halogenated alkanes) is 2. The standard InChI is InChI=1S/C29H42N4O8/c1-18(2)14-23(27(38)30-22-11-9-21(10-12-22)17-41-20(4)35)32-28(39)24(16-34)31-25(36)8-6-5-7-13-33-26(37)15-19(3)29(33)40/h9-12,18-19,23-24,34H,5-8,13-17H2,1-4H3,(H,30,38)(H,31,36)(H,32,39)/t19?,23-,24-/m0/s1. The van der Waals surface area contributed by atoms with Crippen LogP contribution in [0.2, 0.25) is 0 Å². The lowest BCUT2D eigenvalue weighted by Gasteiger charge is -2.23. The van der Waals surface area contributed by atoms with Gasteiger partial charge in [0.05, 0.1) is 6.61 Å². The Morgan fingerprint density at radius 3 is 2.24 bits per heavy atom. The molecule has 226 valence electrons. The van der Waals surface area contributed by atoms with E-state index in [4.69, 9.17) is 4.74 Å². The zero-order valence-electron chi connectivity index (χ0n) is 24.2. The Bertz CT molecular complexity index is 1090. The van der Waals surface area contributed by atoms with Gasteiger partial charge in [0, 0.05) is 37.9 Å². The van der Waals surface area contributed by atoms with Gasteiger partial charge in [-0.2, -0.15) is 0 Å². The average Bonchev–Trinajstić information content (AvgIpc) is 3.15. The summed E-state index contributed by atoms with van der Waals surface area (Å²) >= 11 is 0. The van der Waals surface area contributed by atoms with Crippen LogP contribution in [0.25, 0.3) is 0 Å². The van der Waals surface area contributed by atoms with E-state index in [2.05, 4.69) is 16.0 Å². The lowest BCUT2D eigenvalue weighted by molar-refractivity contribution is -0.142. The Morgan fingerprint density at radius 1 is 1.00 bits per heavy atom. The molecule has 0 spiro atoms. The topological polar surface area (TPSA) is 171 Å². The van der Waals surface area contributed by atoms with Crippen molar-refractivity contribution < 1.29 is 38.6 Å². The van der Waals surface area contributed by atoms with Gasteiger partial charge in [0.25, 0.3) is 0 Å². The fourth-order valence-corrected chi connectivity index (χ4v) is 4.35. The summed E-state index contributed by atoms with van der Waals surface area (Å²) in [6, 6.07) is 4.58. The zero-order chi connectivity index (χ0) is 30.5. The zero-order valence-corrected chi connectivity index (χ0v) is 24.2. The van der Waals surface area contributed by atoms with Crippen LogP contribution in [0.3, 0.4) is 0 Å². The fourth-order valence-electron chi connectivity index (χ4n) is 4.35. The molecule has 0 aromatic heterocycles. The maximum atomic E-state index is 13.0. The second kappa shape index (κ2) is 16.5. The highest BCUT2D eigenvalue weighted by Gasteiger charge is 2.34. The molecule has 0 aliphatic carbocycles. The van der Waals surface area contributed by atoms with E-state index in [1.165, 1.54) is 11.8 Å². The van der Waals surface area contributed by atoms with Gasteiger partial charge in [0.1, 0.15) is 18.7 Å². The van der Waals surface area contributed by atoms with Crippen LogP contribution in [0.15, 0.2) is 24.3 Å². The molecule has 1 fully saturated rings. The van der Waals surface area contributed by atoms with Gasteiger partial charge in [0.2, 0.25) is 29.5 Å². The number of carbonyl (C=O) groups is 6. The summed E-state index contributed by atoms with van der Waals surface area (Å²) in [4.78, 5) is 74.3. The Hall–Kier alpha value is -3.80. The molecule has 12 heteroatoms. The maximum Gasteiger partial charge on any atom is 0.302 e. The minimum atomic E-state index is -1.23. The van der Waals surface area contributed by atoms with Crippen LogP contribution in [0.4, 0.5) is 5.69 Å². The van der Waals surface area contributed by atoms with Crippen molar-refractivity contribution >= 4 is 41.2 Å². The molecule has 0 radical (unpaired) electrons. The van der Waals surface area contributed by atoms with Gasteiger partial charge in [-0.3, -0.25) is 33.7 Å². The number of hydrogen-bond acceptors (Lipinski definition) is 8. The number of aliphatic hydroxyl groups is 1. The quantitative estimate of drug-likeness (QED) is 0.131. The molecule has 1 aromatic carbocycles. The highest BCUT2D eigenvalue weighted by atomic mass is 16.5. The summed E-state index contributed by atoms with van der Waals surface area (Å²) in [5, 5.41) is 17.6. The molecule has 1 saturated heterocycles. The van der Waals surface area contributed by atoms with Gasteiger partial charge < -0.3 is 25.8 Å². The normalized spacial score (nSPS) is 16.3. The Labute approximate surface area is 240 Å². The molecule has 5 amide bonds. The SMILES string of the molecule is CC(=O)OCc1ccc(NC(=O)[C@H](CC(C)C)NC(=O)[C@H](CO)NC(=O)CCCCCN2C(=O)CC(C)C2=O)cc1. The second-order valence-electron chi connectivity index (χ2n) is 10.8. The Balaban J connectivity index is 1.83. The molecule has 1 heterocycles. The molecule has 1 aliphatic heterocycles. The van der Waals surface area contributed by atoms with E-state index in [9.17, 15) is 33.9 Å². The number of nitrogens with one attached hydrogen (secondary N) is 3. The average molecular weight is 575 g/mol. The van der Waals surface area contributed by atoms with Gasteiger partial charge in [0.15, 0.2) is 0 Å². The second-order valence-corrected chi connectivity index (χ2v) is 10.8. The number of likely N-dealkylation sites (tertiary alicyclic amines) is 1. The van der Waals surface area contributed by atoms with Crippen LogP contribution >= 0.6 is 0 Å². The lowest BCUT2D eigenvalue weighted by atomic mass is 10.0. The van der Waals surface area contributed by atoms with E-state index < -0.39 is 42.4 Å². The van der Waals surface area contributed by atoms with Gasteiger partial charge in [-0.15, -0.1) is 0 Å². The first-order valence-electron chi connectivity index (χ1n) is 14.0. The van der Waals surface area contributed by atoms with Crippen molar-refractivity contribution in [2.75, 3.05) is 18.5 Å². The van der Waals surface area contributed by atoms with E-state index >= 15 is 0 Å². The third-order valence-corrected chi connectivity index (χ3v) is 6.59. The van der Waals surface area contributed by atoms with Crippen molar-refractivity contribution in [1.82, 2.24) is 15.5 Å². The minimum Gasteiger partial charge on any atom is -0.461 e. The molecule has 1 unspecified atom stereocenters. The third kappa shape index (κ3) is 11.3. The summed E-state index contributed by atoms with van der Waals surface area (Å²) in [5.41, 5.74) is 1.24. The van der Waals surface area contributed by atoms with E-state index in [1.807, 2.05) is 13.8 Å². The number of anilines is 1. The molecule has 0 saturated carbocycles. The largest absolute Gasteiger partial charge is 0.461 e. The van der Waals surface area contributed by atoms with Crippen molar-refractivity contribution in [2.24, 2.45) is 11.8 Å². The monoisotopic (exact) mass is 574 g/mol. The molecule has 1 aliphatic rings. The van der Waals surface area contributed by atoms with Crippen LogP contribution in [-0.4, -0.2) is 70.7 Å². The van der Waals surface area contributed by atoms with Gasteiger partial charge in [-0.1, -0.05) is 39.3 Å². The number of ether oxygens (including phenoxy) is 1. The van der Waals surface area contributed by atoms with E-state index in [-0.39, 0.29) is 43.1 Å². The predicted octanol–water partition coefficient (Wildman–Crippen LogP) is 1.65. The first-order chi connectivity index (χ1) is 19.4. The summed E-state index contributed by atoms with van der Waals surface area (Å²) < 4.78 is 4.95. The molecule has 1 aromatic rings. The Morgan fingerprint density at radius 2 is 1.68 bits per heavy atom. The molecular weight excluding hydrogens is 532 g/mol. The number of aliphatic hydroxyl groups excluding tert-OH is 1. The summed E-state index contributed by atoms with van der Waals surface area (Å²) in [7, 11) is 0. The molecule has 0 bridgehead atoms. The summed E-state index contributed by atoms with van der Waals surface area (Å²) in [6.45, 7) is 6.64. The Kier molecular flexibility index (Phi) is 13.4. The van der Waals surface area contributed by atoms with Crippen LogP contribution in [0.1, 0.15) is 71.8 Å². The van der Waals surface area contributed by atoms with E-state index in [0.717, 1.165) is 5.56 Å². The number of rotatable bonds is 16. The van der Waals surface area contributed by atoms with Crippen LogP contribution in [0, 0.1) is 11.8 Å². The summed E-state index contributed by atoms with van der Waals surface area (Å²) in [5.74, 6) is -2.52. The number of hydrogen-bond donors (Lipinski definition) is 4. The fraction of sp³-hybridized carbons (Fsp3) is 0.586. The first kappa shape index (κ1) is 33.4. The predicted molar refractivity (Wildman–Crippen MR) is 150 cm³/mol. The molecular formula is C29H42N4O8. The molecule has 2 rings (SSSR count). The van der Waals surface area contributed by atoms with Crippen molar-refractivity contribution in [1.29, 1.82) is 0 Å². The van der Waals surface area contributed by atoms with Crippen molar-refractivity contribution in [3.63, 3.8) is 0 Å². The molecule has 12 nitrogen and oxygen atoms in total. The lowest BCUT2D eigenvalue weighted by Crippen LogP contribution is -2.54. The highest BCUT2D eigenvalue weighted by molar-refractivity contribution is 6.03. The van der Waals surface area contributed by atoms with Crippen molar-refractivity contribution in [2.45, 2.75) is 84.9 Å². The number of benzene rings is 1. The van der Waals surface area contributed by atoms with E-state index in [1.54, 1.807) is 31.2 Å². The summed E-state index contributed by atoms with van der Waals surface area (Å²) in [6.07, 6.45) is 2.33. The highest BCUT2D eigenvalue weighted by Crippen LogP contribution is 2.19. The molecule has 4 N–H and O–H groups in total. The number of carbonyl (C=O) groups excluding carboxylic acids is 6. The first-order valence-corrected chi connectivity index (χ1v) is 14.0. The minimum absolute atomic E-state index is 0.0636. The van der Waals surface area contributed by atoms with Crippen molar-refractivity contribution in [3.8, 4) is 0 Å². The number of imide groups is 1. The molecule has 41 heavy (non-hydrogen) atoms. The third-order valence-electron chi connectivity index (χ3n) is 6.59.